The Morgan fingerprint density at radius 3 is 1.96 bits per heavy atom. The fourth-order valence-electron chi connectivity index (χ4n) is 17.8. The van der Waals surface area contributed by atoms with E-state index in [0.717, 1.165) is 43.4 Å². The zero-order chi connectivity index (χ0) is 79.3. The highest BCUT2D eigenvalue weighted by atomic mass is 35.5. The van der Waals surface area contributed by atoms with Crippen molar-refractivity contribution in [3.63, 3.8) is 0 Å². The maximum Gasteiger partial charge on any atom is 0.393 e. The van der Waals surface area contributed by atoms with E-state index in [1.165, 1.54) is 88.5 Å². The van der Waals surface area contributed by atoms with Gasteiger partial charge in [-0.2, -0.15) is 13.2 Å². The minimum Gasteiger partial charge on any atom is -0.377 e. The van der Waals surface area contributed by atoms with Crippen molar-refractivity contribution in [1.82, 2.24) is 60.0 Å². The number of hydrogen-bond acceptors (Lipinski definition) is 13. The zero-order valence-corrected chi connectivity index (χ0v) is 66.6. The lowest BCUT2D eigenvalue weighted by Crippen LogP contribution is -2.71. The third-order valence-corrected chi connectivity index (χ3v) is 24.2. The number of terminal acetylenes is 1. The zero-order valence-electron chi connectivity index (χ0n) is 65.8. The Morgan fingerprint density at radius 2 is 1.37 bits per heavy atom. The third kappa shape index (κ3) is 21.9. The summed E-state index contributed by atoms with van der Waals surface area (Å²) in [7, 11) is 10.1. The average molecular weight is 1530 g/mol. The van der Waals surface area contributed by atoms with Gasteiger partial charge in [-0.05, 0) is 132 Å². The molecule has 2 saturated heterocycles. The molecule has 3 heterocycles. The van der Waals surface area contributed by atoms with Crippen molar-refractivity contribution in [3.05, 3.63) is 12.2 Å². The second-order valence-corrected chi connectivity index (χ2v) is 33.8. The number of likely N-dealkylation sites (N-methyl/N-ethyl adjacent to an activating group) is 6. The number of carbonyl (C=O) groups is 12. The SMILES string of the molecule is C#CCN1CC(=O)N(C)[C@H]2C/C=C\CCN(C2=O)[C@@H](CC2CCC(C)CC2)C(=O)N(C)CC(=O)N[C@@H](CCC2CCC(C(F)(F)F)C(Cl)C2)C(=O)N2C[C@H](OCC)C[C@H]2C(=O)NC2(CC(C)(C)C2)C(=O)N(C)[C@@H](C2CCCC2)C(=O)N(C)[C@H](C(=O)N(C)C)CC(=O)N(C)[C@@H](CCC)C(=O)N[C@@H](CC(C)C)C1=O. The van der Waals surface area contributed by atoms with Gasteiger partial charge in [-0.25, -0.2) is 0 Å². The summed E-state index contributed by atoms with van der Waals surface area (Å²) in [6.07, 6.45) is 10.5. The highest BCUT2D eigenvalue weighted by Crippen LogP contribution is 2.50. The van der Waals surface area contributed by atoms with Crippen molar-refractivity contribution in [1.29, 1.82) is 0 Å². The molecular formula is C78H122ClF3N12O13. The Kier molecular flexibility index (Phi) is 31.0. The Bertz CT molecular complexity index is 3250. The lowest BCUT2D eigenvalue weighted by Gasteiger charge is -2.54. The van der Waals surface area contributed by atoms with Gasteiger partial charge in [0.25, 0.3) is 0 Å². The molecule has 4 aliphatic carbocycles. The van der Waals surface area contributed by atoms with Gasteiger partial charge in [0.2, 0.25) is 70.9 Å². The number of fused-ring (bicyclic) bond motifs is 3. The molecule has 0 aromatic carbocycles. The average Bonchev–Trinajstić information content (AvgIpc) is 1.20. The van der Waals surface area contributed by atoms with Crippen molar-refractivity contribution < 1.29 is 75.4 Å². The van der Waals surface area contributed by atoms with E-state index in [1.807, 2.05) is 33.8 Å². The van der Waals surface area contributed by atoms with Gasteiger partial charge >= 0.3 is 6.18 Å². The Labute approximate surface area is 636 Å². The van der Waals surface area contributed by atoms with E-state index in [1.54, 1.807) is 19.9 Å². The van der Waals surface area contributed by atoms with E-state index in [-0.39, 0.29) is 109 Å². The van der Waals surface area contributed by atoms with Gasteiger partial charge in [0, 0.05) is 80.8 Å². The second kappa shape index (κ2) is 38.1. The molecular weight excluding hydrogens is 1410 g/mol. The van der Waals surface area contributed by atoms with Crippen LogP contribution >= 0.6 is 11.6 Å². The molecule has 7 aliphatic rings. The minimum absolute atomic E-state index is 0.0135. The lowest BCUT2D eigenvalue weighted by molar-refractivity contribution is -0.182. The van der Waals surface area contributed by atoms with Crippen molar-refractivity contribution in [2.75, 3.05) is 88.7 Å². The molecule has 1 spiro atoms. The van der Waals surface area contributed by atoms with Gasteiger partial charge < -0.3 is 64.8 Å². The topological polar surface area (TPSA) is 279 Å². The van der Waals surface area contributed by atoms with Crippen LogP contribution in [0.1, 0.15) is 196 Å². The molecule has 600 valence electrons. The van der Waals surface area contributed by atoms with E-state index in [2.05, 4.69) is 28.8 Å². The van der Waals surface area contributed by atoms with Crippen LogP contribution in [0.15, 0.2) is 12.2 Å². The third-order valence-electron chi connectivity index (χ3n) is 23.7. The minimum atomic E-state index is -4.54. The van der Waals surface area contributed by atoms with Crippen LogP contribution in [0.5, 0.6) is 0 Å². The fourth-order valence-corrected chi connectivity index (χ4v) is 18.4. The molecule has 25 nitrogen and oxygen atoms in total. The van der Waals surface area contributed by atoms with Crippen LogP contribution in [0, 0.1) is 53.3 Å². The summed E-state index contributed by atoms with van der Waals surface area (Å²) in [5, 5.41) is 7.57. The van der Waals surface area contributed by atoms with E-state index >= 15 is 33.6 Å². The fraction of sp³-hybridized carbons (Fsp3) is 0.795. The molecule has 3 aliphatic heterocycles. The van der Waals surface area contributed by atoms with Gasteiger partial charge in [-0.15, -0.1) is 18.0 Å². The molecule has 0 aromatic rings. The van der Waals surface area contributed by atoms with Gasteiger partial charge in [0.05, 0.1) is 31.5 Å². The van der Waals surface area contributed by atoms with Crippen molar-refractivity contribution in [2.45, 2.75) is 268 Å². The quantitative estimate of drug-likeness (QED) is 0.0950. The molecule has 7 rings (SSSR count). The summed E-state index contributed by atoms with van der Waals surface area (Å²) in [6, 6.07) is -10.3. The number of halogens is 4. The second-order valence-electron chi connectivity index (χ2n) is 33.3. The van der Waals surface area contributed by atoms with Crippen LogP contribution in [0.25, 0.3) is 0 Å². The lowest BCUT2D eigenvalue weighted by atomic mass is 9.58. The van der Waals surface area contributed by atoms with Crippen LogP contribution < -0.4 is 16.0 Å². The predicted octanol–water partition coefficient (Wildman–Crippen LogP) is 6.52. The number of amides is 12. The summed E-state index contributed by atoms with van der Waals surface area (Å²) < 4.78 is 48.6. The molecule has 2 bridgehead atoms. The first-order valence-corrected chi connectivity index (χ1v) is 39.5. The van der Waals surface area contributed by atoms with E-state index in [4.69, 9.17) is 22.8 Å². The number of alkyl halides is 4. The molecule has 3 unspecified atom stereocenters. The number of nitrogens with zero attached hydrogens (tertiary/aromatic N) is 9. The standard InChI is InChI=1S/C78H122ClF3N12O13/c1-16-24-58-67(98)84-57(38-48(4)5)69(100)92(36-17-2)45-65(97)89(13)59-27-20-19-23-37-93(73(59)104)62(40-51-30-28-49(6)29-31-51)72(103)87(11)44-63(95)83-56(35-33-50-32-34-54(55(79)39-50)78(80,81)82)70(101)94-43-53(107-18-3)41-60(94)68(99)85-77(46-76(7,8)47-77)75(106)91(15)66(52-25-21-22-26-52)74(105)90(14)61(71(102)86(9)10)42-64(96)88(58)12/h2,19-20,48-62,66H,16,18,21-47H2,1,3-15H3,(H,83,95)(H,84,98)(H,85,99)/b20-19-/t49?,50?,51?,53-,54?,55?,56+,57+,58+,59+,60+,61+,62+,66+/m1/s1. The Morgan fingerprint density at radius 1 is 0.720 bits per heavy atom. The van der Waals surface area contributed by atoms with Gasteiger partial charge in [0.15, 0.2) is 0 Å². The Balaban J connectivity index is 1.34. The monoisotopic (exact) mass is 1530 g/mol. The highest BCUT2D eigenvalue weighted by Gasteiger charge is 2.59. The van der Waals surface area contributed by atoms with Crippen LogP contribution in [-0.4, -0.2) is 275 Å². The first-order valence-electron chi connectivity index (χ1n) is 39.0. The maximum atomic E-state index is 15.8. The van der Waals surface area contributed by atoms with Crippen molar-refractivity contribution in [2.24, 2.45) is 40.9 Å². The molecule has 0 radical (unpaired) electrons. The van der Waals surface area contributed by atoms with Crippen LogP contribution in [-0.2, 0) is 62.3 Å². The number of rotatable bonds is 14. The molecule has 3 N–H and O–H groups in total. The normalized spacial score (nSPS) is 31.4. The maximum absolute atomic E-state index is 15.8. The molecule has 6 fully saturated rings. The largest absolute Gasteiger partial charge is 0.393 e. The van der Waals surface area contributed by atoms with Gasteiger partial charge in [-0.1, -0.05) is 105 Å². The molecule has 29 heteroatoms. The first kappa shape index (κ1) is 87.2. The molecule has 107 heavy (non-hydrogen) atoms. The summed E-state index contributed by atoms with van der Waals surface area (Å²) in [4.78, 5) is 194. The molecule has 12 amide bonds. The number of ether oxygens (including phenoxy) is 1. The van der Waals surface area contributed by atoms with Crippen LogP contribution in [0.3, 0.4) is 0 Å². The predicted molar refractivity (Wildman–Crippen MR) is 398 cm³/mol. The van der Waals surface area contributed by atoms with Crippen LogP contribution in [0.4, 0.5) is 13.2 Å². The molecule has 12 atom stereocenters. The van der Waals surface area contributed by atoms with Crippen molar-refractivity contribution in [3.8, 4) is 12.3 Å². The molecule has 4 saturated carbocycles. The highest BCUT2D eigenvalue weighted by molar-refractivity contribution is 6.21. The smallest absolute Gasteiger partial charge is 0.377 e. The molecule has 0 aromatic heterocycles. The van der Waals surface area contributed by atoms with Crippen molar-refractivity contribution >= 4 is 82.5 Å². The summed E-state index contributed by atoms with van der Waals surface area (Å²) in [5.41, 5.74) is -2.19. The summed E-state index contributed by atoms with van der Waals surface area (Å²) in [6.45, 7) is 11.6. The van der Waals surface area contributed by atoms with E-state index in [9.17, 15) is 37.1 Å². The van der Waals surface area contributed by atoms with E-state index < -0.39 is 192 Å². The number of hydrogen-bond donors (Lipinski definition) is 3. The number of nitrogens with one attached hydrogen (secondary N) is 3. The summed E-state index contributed by atoms with van der Waals surface area (Å²) in [5.74, 6) is -8.11. The Hall–Kier alpha value is -7.02. The van der Waals surface area contributed by atoms with E-state index in [0.29, 0.717) is 31.6 Å². The number of carbonyl (C=O) groups excluding carboxylic acids is 12. The van der Waals surface area contributed by atoms with Crippen LogP contribution in [0.2, 0.25) is 0 Å². The van der Waals surface area contributed by atoms with Gasteiger partial charge in [0.1, 0.15) is 60.4 Å². The summed E-state index contributed by atoms with van der Waals surface area (Å²) >= 11 is 6.47. The first-order chi connectivity index (χ1) is 50.3. The van der Waals surface area contributed by atoms with Gasteiger partial charge in [-0.3, -0.25) is 57.5 Å².